The molecule has 1 heterocycles. The van der Waals surface area contributed by atoms with Gasteiger partial charge in [-0.3, -0.25) is 4.79 Å². The quantitative estimate of drug-likeness (QED) is 0.850. The molecule has 1 N–H and O–H groups in total. The molecule has 19 heavy (non-hydrogen) atoms. The molecule has 1 aromatic rings. The molecule has 1 aromatic carbocycles. The zero-order chi connectivity index (χ0) is 13.7. The van der Waals surface area contributed by atoms with Gasteiger partial charge in [-0.1, -0.05) is 11.6 Å². The van der Waals surface area contributed by atoms with Crippen LogP contribution in [0.5, 0.6) is 0 Å². The van der Waals surface area contributed by atoms with Gasteiger partial charge in [-0.15, -0.1) is 11.8 Å². The van der Waals surface area contributed by atoms with Crippen LogP contribution in [0.3, 0.4) is 0 Å². The fraction of sp³-hybridized carbons (Fsp3) is 0.462. The monoisotopic (exact) mass is 303 g/mol. The van der Waals surface area contributed by atoms with Gasteiger partial charge in [0.1, 0.15) is 5.82 Å². The Morgan fingerprint density at radius 3 is 3.11 bits per heavy atom. The minimum Gasteiger partial charge on any atom is -0.376 e. The molecule has 1 amide bonds. The Morgan fingerprint density at radius 2 is 2.42 bits per heavy atom. The minimum atomic E-state index is -0.450. The second-order valence-electron chi connectivity index (χ2n) is 4.30. The number of thioether (sulfide) groups is 1. The average molecular weight is 304 g/mol. The predicted octanol–water partition coefficient (Wildman–Crippen LogP) is 2.87. The van der Waals surface area contributed by atoms with Gasteiger partial charge in [0.2, 0.25) is 5.91 Å². The van der Waals surface area contributed by atoms with Gasteiger partial charge in [-0.2, -0.15) is 0 Å². The fourth-order valence-corrected chi connectivity index (χ4v) is 2.81. The lowest BCUT2D eigenvalue weighted by molar-refractivity contribution is -0.119. The van der Waals surface area contributed by atoms with Gasteiger partial charge in [0.25, 0.3) is 0 Å². The van der Waals surface area contributed by atoms with E-state index >= 15 is 0 Å². The number of hydrogen-bond donors (Lipinski definition) is 1. The summed E-state index contributed by atoms with van der Waals surface area (Å²) in [5.74, 6) is -0.218. The summed E-state index contributed by atoms with van der Waals surface area (Å²) in [6.45, 7) is 1.34. The number of ether oxygens (including phenoxy) is 1. The maximum atomic E-state index is 13.0. The van der Waals surface area contributed by atoms with E-state index in [0.29, 0.717) is 6.54 Å². The van der Waals surface area contributed by atoms with Gasteiger partial charge in [0.05, 0.1) is 16.9 Å². The highest BCUT2D eigenvalue weighted by molar-refractivity contribution is 8.00. The first-order valence-electron chi connectivity index (χ1n) is 6.11. The molecular weight excluding hydrogens is 289 g/mol. The van der Waals surface area contributed by atoms with Crippen LogP contribution in [0.25, 0.3) is 0 Å². The lowest BCUT2D eigenvalue weighted by Crippen LogP contribution is -2.32. The molecule has 0 radical (unpaired) electrons. The Kier molecular flexibility index (Phi) is 5.48. The van der Waals surface area contributed by atoms with Crippen molar-refractivity contribution in [1.29, 1.82) is 0 Å². The van der Waals surface area contributed by atoms with Gasteiger partial charge in [-0.25, -0.2) is 4.39 Å². The number of rotatable bonds is 5. The largest absolute Gasteiger partial charge is 0.376 e. The fourth-order valence-electron chi connectivity index (χ4n) is 1.80. The summed E-state index contributed by atoms with van der Waals surface area (Å²) in [6.07, 6.45) is 2.21. The molecule has 104 valence electrons. The number of nitrogens with one attached hydrogen (secondary N) is 1. The lowest BCUT2D eigenvalue weighted by atomic mass is 10.2. The third kappa shape index (κ3) is 4.67. The zero-order valence-corrected chi connectivity index (χ0v) is 11.9. The summed E-state index contributed by atoms with van der Waals surface area (Å²) < 4.78 is 18.4. The SMILES string of the molecule is O=C(CSc1ccc(F)c(Cl)c1)NCC1CCCO1. The number of halogens is 2. The Balaban J connectivity index is 1.71. The molecular formula is C13H15ClFNO2S. The van der Waals surface area contributed by atoms with Crippen molar-refractivity contribution in [3.05, 3.63) is 29.0 Å². The van der Waals surface area contributed by atoms with Crippen molar-refractivity contribution >= 4 is 29.3 Å². The second kappa shape index (κ2) is 7.12. The van der Waals surface area contributed by atoms with Crippen LogP contribution < -0.4 is 5.32 Å². The van der Waals surface area contributed by atoms with Gasteiger partial charge in [0.15, 0.2) is 0 Å². The molecule has 0 aromatic heterocycles. The highest BCUT2D eigenvalue weighted by Crippen LogP contribution is 2.23. The molecule has 1 saturated heterocycles. The molecule has 1 unspecified atom stereocenters. The number of carbonyl (C=O) groups excluding carboxylic acids is 1. The van der Waals surface area contributed by atoms with Crippen molar-refractivity contribution in [3.63, 3.8) is 0 Å². The van der Waals surface area contributed by atoms with E-state index in [0.717, 1.165) is 24.3 Å². The summed E-state index contributed by atoms with van der Waals surface area (Å²) in [5, 5.41) is 2.90. The topological polar surface area (TPSA) is 38.3 Å². The van der Waals surface area contributed by atoms with Gasteiger partial charge >= 0.3 is 0 Å². The van der Waals surface area contributed by atoms with Gasteiger partial charge in [-0.05, 0) is 31.0 Å². The van der Waals surface area contributed by atoms with Crippen LogP contribution >= 0.6 is 23.4 Å². The zero-order valence-electron chi connectivity index (χ0n) is 10.3. The van der Waals surface area contributed by atoms with Crippen LogP contribution in [-0.4, -0.2) is 30.9 Å². The molecule has 0 saturated carbocycles. The van der Waals surface area contributed by atoms with Crippen molar-refractivity contribution < 1.29 is 13.9 Å². The summed E-state index contributed by atoms with van der Waals surface area (Å²) in [7, 11) is 0. The molecule has 1 fully saturated rings. The number of benzene rings is 1. The smallest absolute Gasteiger partial charge is 0.230 e. The second-order valence-corrected chi connectivity index (χ2v) is 5.76. The predicted molar refractivity (Wildman–Crippen MR) is 74.1 cm³/mol. The number of carbonyl (C=O) groups is 1. The van der Waals surface area contributed by atoms with Crippen molar-refractivity contribution in [2.24, 2.45) is 0 Å². The first kappa shape index (κ1) is 14.6. The van der Waals surface area contributed by atoms with Crippen molar-refractivity contribution in [3.8, 4) is 0 Å². The van der Waals surface area contributed by atoms with Gasteiger partial charge < -0.3 is 10.1 Å². The van der Waals surface area contributed by atoms with Crippen LogP contribution in [0.1, 0.15) is 12.8 Å². The maximum Gasteiger partial charge on any atom is 0.230 e. The van der Waals surface area contributed by atoms with Crippen molar-refractivity contribution in [2.45, 2.75) is 23.8 Å². The third-order valence-electron chi connectivity index (χ3n) is 2.81. The van der Waals surface area contributed by atoms with Crippen molar-refractivity contribution in [2.75, 3.05) is 18.9 Å². The molecule has 1 aliphatic heterocycles. The van der Waals surface area contributed by atoms with Gasteiger partial charge in [0, 0.05) is 18.0 Å². The van der Waals surface area contributed by atoms with Crippen molar-refractivity contribution in [1.82, 2.24) is 5.32 Å². The number of hydrogen-bond acceptors (Lipinski definition) is 3. The summed E-state index contributed by atoms with van der Waals surface area (Å²) in [6, 6.07) is 4.43. The van der Waals surface area contributed by atoms with Crippen LogP contribution in [0.15, 0.2) is 23.1 Å². The highest BCUT2D eigenvalue weighted by Gasteiger charge is 2.16. The Bertz CT molecular complexity index is 452. The van der Waals surface area contributed by atoms with E-state index in [2.05, 4.69) is 5.32 Å². The van der Waals surface area contributed by atoms with E-state index < -0.39 is 5.82 Å². The molecule has 1 aliphatic rings. The normalized spacial score (nSPS) is 18.5. The Morgan fingerprint density at radius 1 is 1.58 bits per heavy atom. The first-order chi connectivity index (χ1) is 9.15. The molecule has 0 spiro atoms. The van der Waals surface area contributed by atoms with E-state index in [1.807, 2.05) is 0 Å². The van der Waals surface area contributed by atoms with Crippen LogP contribution in [-0.2, 0) is 9.53 Å². The summed E-state index contributed by atoms with van der Waals surface area (Å²) in [5.41, 5.74) is 0. The first-order valence-corrected chi connectivity index (χ1v) is 7.47. The van der Waals surface area contributed by atoms with E-state index in [-0.39, 0.29) is 22.8 Å². The molecule has 0 bridgehead atoms. The highest BCUT2D eigenvalue weighted by atomic mass is 35.5. The molecule has 0 aliphatic carbocycles. The maximum absolute atomic E-state index is 13.0. The van der Waals surface area contributed by atoms with Crippen LogP contribution in [0, 0.1) is 5.82 Å². The van der Waals surface area contributed by atoms with Crippen LogP contribution in [0.4, 0.5) is 4.39 Å². The van der Waals surface area contributed by atoms with E-state index in [4.69, 9.17) is 16.3 Å². The summed E-state index contributed by atoms with van der Waals surface area (Å²) in [4.78, 5) is 12.4. The Labute approximate surface area is 120 Å². The molecule has 6 heteroatoms. The molecule has 1 atom stereocenters. The number of amides is 1. The van der Waals surface area contributed by atoms with E-state index in [1.54, 1.807) is 6.07 Å². The Hall–Kier alpha value is -0.780. The minimum absolute atomic E-state index is 0.0547. The molecule has 3 nitrogen and oxygen atoms in total. The van der Waals surface area contributed by atoms with Crippen LogP contribution in [0.2, 0.25) is 5.02 Å². The summed E-state index contributed by atoms with van der Waals surface area (Å²) >= 11 is 7.00. The van der Waals surface area contributed by atoms with E-state index in [9.17, 15) is 9.18 Å². The molecule has 2 rings (SSSR count). The van der Waals surface area contributed by atoms with E-state index in [1.165, 1.54) is 23.9 Å². The average Bonchev–Trinajstić information content (AvgIpc) is 2.91. The standard InChI is InChI=1S/C13H15ClFNO2S/c14-11-6-10(3-4-12(11)15)19-8-13(17)16-7-9-2-1-5-18-9/h3-4,6,9H,1-2,5,7-8H2,(H,16,17). The lowest BCUT2D eigenvalue weighted by Gasteiger charge is -2.10. The third-order valence-corrected chi connectivity index (χ3v) is 4.10.